The number of halogens is 1. The molecular formula is C14H16ClNO2. The maximum absolute atomic E-state index is 5.85. The van der Waals surface area contributed by atoms with Gasteiger partial charge in [0, 0.05) is 29.8 Å². The molecule has 0 unspecified atom stereocenters. The van der Waals surface area contributed by atoms with E-state index >= 15 is 0 Å². The van der Waals surface area contributed by atoms with E-state index in [4.69, 9.17) is 9.15 Å². The highest BCUT2D eigenvalue weighted by atomic mass is 35.5. The molecule has 0 spiro atoms. The predicted molar refractivity (Wildman–Crippen MR) is 73.3 cm³/mol. The van der Waals surface area contributed by atoms with Gasteiger partial charge in [0.15, 0.2) is 0 Å². The van der Waals surface area contributed by atoms with Crippen LogP contribution in [0, 0.1) is 6.92 Å². The van der Waals surface area contributed by atoms with Gasteiger partial charge in [-0.1, -0.05) is 18.2 Å². The Bertz CT molecular complexity index is 536. The van der Waals surface area contributed by atoms with Crippen LogP contribution in [0.4, 0.5) is 0 Å². The molecule has 96 valence electrons. The molecule has 3 nitrogen and oxygen atoms in total. The fourth-order valence-electron chi connectivity index (χ4n) is 2.22. The van der Waals surface area contributed by atoms with Crippen molar-refractivity contribution in [2.24, 2.45) is 0 Å². The Morgan fingerprint density at radius 1 is 1.17 bits per heavy atom. The van der Waals surface area contributed by atoms with Gasteiger partial charge in [0.05, 0.1) is 6.26 Å². The van der Waals surface area contributed by atoms with Crippen LogP contribution in [0.3, 0.4) is 0 Å². The quantitative estimate of drug-likeness (QED) is 0.860. The number of hydrogen-bond acceptors (Lipinski definition) is 3. The van der Waals surface area contributed by atoms with Crippen LogP contribution in [-0.2, 0) is 6.54 Å². The summed E-state index contributed by atoms with van der Waals surface area (Å²) < 4.78 is 11.2. The second-order valence-electron chi connectivity index (χ2n) is 4.21. The topological polar surface area (TPSA) is 34.4 Å². The third-order valence-corrected chi connectivity index (χ3v) is 3.09. The Morgan fingerprint density at radius 3 is 2.83 bits per heavy atom. The molecule has 0 atom stereocenters. The standard InChI is InChI=1S/C14H15NO2.ClH/c1-10-12(5-7-16-10)13-4-2-3-11-9-15-6-8-17-14(11)13;/h2-5,7,15H,6,8-9H2,1H3;1H. The number of rotatable bonds is 1. The van der Waals surface area contributed by atoms with Crippen LogP contribution in [0.15, 0.2) is 34.9 Å². The van der Waals surface area contributed by atoms with Gasteiger partial charge in [0.1, 0.15) is 18.1 Å². The molecule has 0 aliphatic carbocycles. The lowest BCUT2D eigenvalue weighted by molar-refractivity contribution is 0.327. The third-order valence-electron chi connectivity index (χ3n) is 3.09. The fourth-order valence-corrected chi connectivity index (χ4v) is 2.22. The van der Waals surface area contributed by atoms with Crippen LogP contribution in [0.5, 0.6) is 5.75 Å². The maximum Gasteiger partial charge on any atom is 0.131 e. The molecule has 1 aromatic heterocycles. The summed E-state index contributed by atoms with van der Waals surface area (Å²) in [4.78, 5) is 0. The minimum Gasteiger partial charge on any atom is -0.491 e. The molecular weight excluding hydrogens is 250 g/mol. The third kappa shape index (κ3) is 2.24. The number of ether oxygens (including phenoxy) is 1. The molecule has 0 saturated carbocycles. The van der Waals surface area contributed by atoms with Crippen LogP contribution in [0.2, 0.25) is 0 Å². The van der Waals surface area contributed by atoms with Crippen LogP contribution in [-0.4, -0.2) is 13.2 Å². The van der Waals surface area contributed by atoms with E-state index in [-0.39, 0.29) is 12.4 Å². The zero-order chi connectivity index (χ0) is 11.7. The lowest BCUT2D eigenvalue weighted by atomic mass is 10.0. The molecule has 0 amide bonds. The van der Waals surface area contributed by atoms with Crippen molar-refractivity contribution < 1.29 is 9.15 Å². The van der Waals surface area contributed by atoms with E-state index in [1.807, 2.05) is 13.0 Å². The van der Waals surface area contributed by atoms with Crippen molar-refractivity contribution in [1.82, 2.24) is 5.32 Å². The molecule has 0 radical (unpaired) electrons. The Labute approximate surface area is 113 Å². The van der Waals surface area contributed by atoms with E-state index in [9.17, 15) is 0 Å². The second-order valence-corrected chi connectivity index (χ2v) is 4.21. The smallest absolute Gasteiger partial charge is 0.131 e. The van der Waals surface area contributed by atoms with E-state index in [0.717, 1.165) is 35.7 Å². The average Bonchev–Trinajstić information content (AvgIpc) is 2.63. The van der Waals surface area contributed by atoms with Gasteiger partial charge >= 0.3 is 0 Å². The van der Waals surface area contributed by atoms with E-state index < -0.39 is 0 Å². The highest BCUT2D eigenvalue weighted by molar-refractivity contribution is 5.85. The first-order valence-corrected chi connectivity index (χ1v) is 5.86. The summed E-state index contributed by atoms with van der Waals surface area (Å²) in [6.45, 7) is 4.43. The van der Waals surface area contributed by atoms with Crippen molar-refractivity contribution in [1.29, 1.82) is 0 Å². The van der Waals surface area contributed by atoms with E-state index in [2.05, 4.69) is 23.5 Å². The zero-order valence-electron chi connectivity index (χ0n) is 10.2. The van der Waals surface area contributed by atoms with Crippen molar-refractivity contribution >= 4 is 12.4 Å². The fraction of sp³-hybridized carbons (Fsp3) is 0.286. The normalized spacial score (nSPS) is 14.1. The number of para-hydroxylation sites is 1. The average molecular weight is 266 g/mol. The molecule has 1 aliphatic rings. The minimum absolute atomic E-state index is 0. The van der Waals surface area contributed by atoms with Crippen LogP contribution < -0.4 is 10.1 Å². The Kier molecular flexibility index (Phi) is 3.94. The minimum atomic E-state index is 0. The van der Waals surface area contributed by atoms with Crippen LogP contribution >= 0.6 is 12.4 Å². The van der Waals surface area contributed by atoms with Crippen LogP contribution in [0.25, 0.3) is 11.1 Å². The van der Waals surface area contributed by atoms with Gasteiger partial charge in [-0.15, -0.1) is 12.4 Å². The number of hydrogen-bond donors (Lipinski definition) is 1. The van der Waals surface area contributed by atoms with Crippen molar-refractivity contribution in [2.45, 2.75) is 13.5 Å². The Balaban J connectivity index is 0.00000120. The summed E-state index contributed by atoms with van der Waals surface area (Å²) in [6.07, 6.45) is 1.72. The summed E-state index contributed by atoms with van der Waals surface area (Å²) in [6, 6.07) is 8.25. The first-order valence-electron chi connectivity index (χ1n) is 5.86. The van der Waals surface area contributed by atoms with Crippen molar-refractivity contribution in [3.05, 3.63) is 41.9 Å². The first kappa shape index (κ1) is 13.0. The van der Waals surface area contributed by atoms with E-state index in [0.29, 0.717) is 6.61 Å². The summed E-state index contributed by atoms with van der Waals surface area (Å²) >= 11 is 0. The SMILES string of the molecule is Cc1occc1-c1cccc2c1OCCNC2.Cl. The number of benzene rings is 1. The molecule has 0 saturated heterocycles. The molecule has 2 heterocycles. The predicted octanol–water partition coefficient (Wildman–Crippen LogP) is 3.16. The number of aryl methyl sites for hydroxylation is 1. The van der Waals surface area contributed by atoms with Gasteiger partial charge in [0.2, 0.25) is 0 Å². The Hall–Kier alpha value is -1.45. The first-order chi connectivity index (χ1) is 8.36. The van der Waals surface area contributed by atoms with Crippen molar-refractivity contribution in [3.63, 3.8) is 0 Å². The zero-order valence-corrected chi connectivity index (χ0v) is 11.0. The molecule has 1 aromatic carbocycles. The summed E-state index contributed by atoms with van der Waals surface area (Å²) in [5.41, 5.74) is 3.45. The van der Waals surface area contributed by atoms with Gasteiger partial charge in [0.25, 0.3) is 0 Å². The monoisotopic (exact) mass is 265 g/mol. The molecule has 0 bridgehead atoms. The molecule has 2 aromatic rings. The molecule has 1 N–H and O–H groups in total. The summed E-state index contributed by atoms with van der Waals surface area (Å²) in [7, 11) is 0. The largest absolute Gasteiger partial charge is 0.491 e. The maximum atomic E-state index is 5.85. The number of furan rings is 1. The van der Waals surface area contributed by atoms with Gasteiger partial charge in [-0.3, -0.25) is 0 Å². The molecule has 18 heavy (non-hydrogen) atoms. The molecule has 0 fully saturated rings. The van der Waals surface area contributed by atoms with Gasteiger partial charge < -0.3 is 14.5 Å². The highest BCUT2D eigenvalue weighted by Gasteiger charge is 2.16. The molecule has 4 heteroatoms. The summed E-state index contributed by atoms with van der Waals surface area (Å²) in [5.74, 6) is 1.92. The summed E-state index contributed by atoms with van der Waals surface area (Å²) in [5, 5.41) is 3.34. The number of nitrogens with one attached hydrogen (secondary N) is 1. The Morgan fingerprint density at radius 2 is 2.06 bits per heavy atom. The van der Waals surface area contributed by atoms with E-state index in [1.54, 1.807) is 6.26 Å². The van der Waals surface area contributed by atoms with Gasteiger partial charge in [-0.25, -0.2) is 0 Å². The second kappa shape index (κ2) is 5.46. The van der Waals surface area contributed by atoms with Gasteiger partial charge in [-0.2, -0.15) is 0 Å². The van der Waals surface area contributed by atoms with Crippen molar-refractivity contribution in [2.75, 3.05) is 13.2 Å². The lowest BCUT2D eigenvalue weighted by Crippen LogP contribution is -2.16. The van der Waals surface area contributed by atoms with Crippen molar-refractivity contribution in [3.8, 4) is 16.9 Å². The lowest BCUT2D eigenvalue weighted by Gasteiger charge is -2.11. The van der Waals surface area contributed by atoms with E-state index in [1.165, 1.54) is 5.56 Å². The number of fused-ring (bicyclic) bond motifs is 1. The molecule has 1 aliphatic heterocycles. The van der Waals surface area contributed by atoms with Crippen LogP contribution in [0.1, 0.15) is 11.3 Å². The highest BCUT2D eigenvalue weighted by Crippen LogP contribution is 2.36. The molecule has 3 rings (SSSR count). The van der Waals surface area contributed by atoms with Gasteiger partial charge in [-0.05, 0) is 13.0 Å².